The monoisotopic (exact) mass is 314 g/mol. The molecule has 4 nitrogen and oxygen atoms in total. The van der Waals surface area contributed by atoms with Crippen LogP contribution in [0.5, 0.6) is 0 Å². The van der Waals surface area contributed by atoms with Crippen molar-refractivity contribution in [3.05, 3.63) is 35.6 Å². The van der Waals surface area contributed by atoms with Crippen molar-refractivity contribution < 1.29 is 12.8 Å². The molecule has 0 saturated carbocycles. The highest BCUT2D eigenvalue weighted by atomic mass is 32.2. The number of benzene rings is 1. The van der Waals surface area contributed by atoms with E-state index in [1.807, 2.05) is 4.90 Å². The van der Waals surface area contributed by atoms with E-state index in [2.05, 4.69) is 0 Å². The number of sulfone groups is 1. The van der Waals surface area contributed by atoms with Gasteiger partial charge in [-0.25, -0.2) is 12.8 Å². The zero-order valence-electron chi connectivity index (χ0n) is 10.8. The Labute approximate surface area is 121 Å². The molecular weight excluding hydrogens is 299 g/mol. The van der Waals surface area contributed by atoms with Crippen LogP contribution >= 0.6 is 11.8 Å². The van der Waals surface area contributed by atoms with Gasteiger partial charge in [0.15, 0.2) is 15.0 Å². The molecule has 2 saturated heterocycles. The first-order valence-corrected chi connectivity index (χ1v) is 9.11. The molecule has 0 unspecified atom stereocenters. The topological polar surface area (TPSA) is 61.2 Å². The third-order valence-corrected chi connectivity index (χ3v) is 6.92. The van der Waals surface area contributed by atoms with Gasteiger partial charge in [-0.15, -0.1) is 0 Å². The van der Waals surface area contributed by atoms with Crippen molar-refractivity contribution >= 4 is 26.8 Å². The Balaban J connectivity index is 1.67. The maximum Gasteiger partial charge on any atom is 0.157 e. The summed E-state index contributed by atoms with van der Waals surface area (Å²) in [4.78, 5) is 1.88. The average Bonchev–Trinajstić information content (AvgIpc) is 2.80. The second-order valence-corrected chi connectivity index (χ2v) is 8.56. The Morgan fingerprint density at radius 1 is 1.30 bits per heavy atom. The fraction of sp³-hybridized carbons (Fsp3) is 0.462. The molecular formula is C13H15FN2O2S2. The summed E-state index contributed by atoms with van der Waals surface area (Å²) >= 11 is 1.35. The summed E-state index contributed by atoms with van der Waals surface area (Å²) in [6, 6.07) is 6.22. The quantitative estimate of drug-likeness (QED) is 0.919. The molecule has 7 heteroatoms. The fourth-order valence-electron chi connectivity index (χ4n) is 2.73. The largest absolute Gasteiger partial charge is 0.346 e. The standard InChI is InChI=1S/C13H15FN2O2S2/c14-10-3-1-9(2-4-10)5-6-16-11-7-20(17,18)8-12(11)19-13(16)15/h1-4,11-12,15H,5-8H2/t11-,12-/m0/s1. The number of nitrogens with zero attached hydrogens (tertiary/aromatic N) is 1. The minimum atomic E-state index is -2.96. The predicted molar refractivity (Wildman–Crippen MR) is 78.4 cm³/mol. The first kappa shape index (κ1) is 13.9. The third kappa shape index (κ3) is 2.69. The van der Waals surface area contributed by atoms with Gasteiger partial charge in [0.05, 0.1) is 17.5 Å². The lowest BCUT2D eigenvalue weighted by Crippen LogP contribution is -2.38. The highest BCUT2D eigenvalue weighted by Gasteiger charge is 2.47. The molecule has 0 bridgehead atoms. The highest BCUT2D eigenvalue weighted by molar-refractivity contribution is 8.15. The van der Waals surface area contributed by atoms with Crippen LogP contribution in [0.2, 0.25) is 0 Å². The molecule has 2 heterocycles. The number of hydrogen-bond donors (Lipinski definition) is 1. The van der Waals surface area contributed by atoms with Gasteiger partial charge in [-0.05, 0) is 24.1 Å². The summed E-state index contributed by atoms with van der Waals surface area (Å²) in [6.45, 7) is 0.605. The van der Waals surface area contributed by atoms with Crippen LogP contribution in [0.25, 0.3) is 0 Å². The van der Waals surface area contributed by atoms with Crippen molar-refractivity contribution in [2.24, 2.45) is 0 Å². The molecule has 0 aromatic heterocycles. The van der Waals surface area contributed by atoms with Crippen molar-refractivity contribution in [2.75, 3.05) is 18.1 Å². The Kier molecular flexibility index (Phi) is 3.50. The molecule has 108 valence electrons. The van der Waals surface area contributed by atoms with Crippen LogP contribution < -0.4 is 0 Å². The summed E-state index contributed by atoms with van der Waals surface area (Å²) in [7, 11) is -2.96. The van der Waals surface area contributed by atoms with Crippen LogP contribution in [-0.2, 0) is 16.3 Å². The molecule has 2 fully saturated rings. The number of thioether (sulfide) groups is 1. The van der Waals surface area contributed by atoms with Gasteiger partial charge >= 0.3 is 0 Å². The number of fused-ring (bicyclic) bond motifs is 1. The molecule has 0 radical (unpaired) electrons. The summed E-state index contributed by atoms with van der Waals surface area (Å²) in [5.41, 5.74) is 0.994. The summed E-state index contributed by atoms with van der Waals surface area (Å²) in [6.07, 6.45) is 0.687. The van der Waals surface area contributed by atoms with Crippen molar-refractivity contribution in [1.82, 2.24) is 4.90 Å². The molecule has 1 N–H and O–H groups in total. The van der Waals surface area contributed by atoms with Crippen LogP contribution in [0.1, 0.15) is 5.56 Å². The number of halogens is 1. The lowest BCUT2D eigenvalue weighted by Gasteiger charge is -2.23. The number of amidine groups is 1. The van der Waals surface area contributed by atoms with E-state index in [0.717, 1.165) is 5.56 Å². The van der Waals surface area contributed by atoms with E-state index in [4.69, 9.17) is 5.41 Å². The van der Waals surface area contributed by atoms with Crippen LogP contribution in [0.15, 0.2) is 24.3 Å². The zero-order valence-corrected chi connectivity index (χ0v) is 12.4. The molecule has 2 aliphatic heterocycles. The van der Waals surface area contributed by atoms with Crippen LogP contribution in [0.4, 0.5) is 4.39 Å². The van der Waals surface area contributed by atoms with E-state index in [-0.39, 0.29) is 28.6 Å². The second kappa shape index (κ2) is 5.04. The zero-order chi connectivity index (χ0) is 14.3. The van der Waals surface area contributed by atoms with E-state index in [9.17, 15) is 12.8 Å². The smallest absolute Gasteiger partial charge is 0.157 e. The second-order valence-electron chi connectivity index (χ2n) is 5.18. The molecule has 2 aliphatic rings. The van der Waals surface area contributed by atoms with Crippen LogP contribution in [0.3, 0.4) is 0 Å². The van der Waals surface area contributed by atoms with Gasteiger partial charge in [-0.1, -0.05) is 23.9 Å². The molecule has 20 heavy (non-hydrogen) atoms. The molecule has 3 rings (SSSR count). The van der Waals surface area contributed by atoms with Gasteiger partial charge in [0.2, 0.25) is 0 Å². The fourth-order valence-corrected chi connectivity index (χ4v) is 6.59. The van der Waals surface area contributed by atoms with E-state index < -0.39 is 9.84 Å². The van der Waals surface area contributed by atoms with E-state index in [0.29, 0.717) is 18.1 Å². The molecule has 2 atom stereocenters. The van der Waals surface area contributed by atoms with Crippen LogP contribution in [-0.4, -0.2) is 47.8 Å². The number of hydrogen-bond acceptors (Lipinski definition) is 4. The summed E-state index contributed by atoms with van der Waals surface area (Å²) in [5.74, 6) is 0.0639. The van der Waals surface area contributed by atoms with Crippen molar-refractivity contribution in [3.8, 4) is 0 Å². The lowest BCUT2D eigenvalue weighted by molar-refractivity contribution is 0.359. The van der Waals surface area contributed by atoms with Gasteiger partial charge < -0.3 is 4.90 Å². The Hall–Kier alpha value is -1.08. The van der Waals surface area contributed by atoms with Crippen molar-refractivity contribution in [1.29, 1.82) is 5.41 Å². The van der Waals surface area contributed by atoms with Crippen molar-refractivity contribution in [2.45, 2.75) is 17.7 Å². The SMILES string of the molecule is N=C1S[C@H]2CS(=O)(=O)C[C@@H]2N1CCc1ccc(F)cc1. The van der Waals surface area contributed by atoms with Crippen LogP contribution in [0, 0.1) is 11.2 Å². The molecule has 1 aromatic rings. The normalized spacial score (nSPS) is 27.9. The van der Waals surface area contributed by atoms with E-state index in [1.54, 1.807) is 12.1 Å². The number of rotatable bonds is 3. The Morgan fingerprint density at radius 2 is 2.00 bits per heavy atom. The molecule has 1 aromatic carbocycles. The molecule has 0 amide bonds. The van der Waals surface area contributed by atoms with Gasteiger partial charge in [-0.2, -0.15) is 0 Å². The maximum absolute atomic E-state index is 12.8. The maximum atomic E-state index is 12.8. The predicted octanol–water partition coefficient (Wildman–Crippen LogP) is 1.52. The number of nitrogens with one attached hydrogen (secondary N) is 1. The summed E-state index contributed by atoms with van der Waals surface area (Å²) < 4.78 is 36.1. The van der Waals surface area contributed by atoms with Gasteiger partial charge in [0.25, 0.3) is 0 Å². The molecule has 0 spiro atoms. The highest BCUT2D eigenvalue weighted by Crippen LogP contribution is 2.37. The van der Waals surface area contributed by atoms with Crippen molar-refractivity contribution in [3.63, 3.8) is 0 Å². The third-order valence-electron chi connectivity index (χ3n) is 3.75. The van der Waals surface area contributed by atoms with Gasteiger partial charge in [0, 0.05) is 11.8 Å². The Morgan fingerprint density at radius 3 is 2.70 bits per heavy atom. The molecule has 0 aliphatic carbocycles. The van der Waals surface area contributed by atoms with E-state index >= 15 is 0 Å². The van der Waals surface area contributed by atoms with E-state index in [1.165, 1.54) is 23.9 Å². The first-order chi connectivity index (χ1) is 9.44. The minimum absolute atomic E-state index is 0.000665. The van der Waals surface area contributed by atoms with Gasteiger partial charge in [-0.3, -0.25) is 5.41 Å². The first-order valence-electron chi connectivity index (χ1n) is 6.41. The van der Waals surface area contributed by atoms with Gasteiger partial charge in [0.1, 0.15) is 5.82 Å². The summed E-state index contributed by atoms with van der Waals surface area (Å²) in [5, 5.41) is 8.42. The Bertz CT molecular complexity index is 630. The minimum Gasteiger partial charge on any atom is -0.346 e. The lowest BCUT2D eigenvalue weighted by atomic mass is 10.1. The average molecular weight is 314 g/mol.